The number of imidazole rings is 1. The standard InChI is InChI=1S/C13H19N3OS/c17-12-3-1-2-10(6-12)7-14-8-11-9-16-4-5-18-13(16)15-11/h4-5,9-10,12,14,17H,1-3,6-8H2. The molecule has 2 N–H and O–H groups in total. The van der Waals surface area contributed by atoms with Crippen LogP contribution in [0.25, 0.3) is 4.96 Å². The van der Waals surface area contributed by atoms with E-state index in [1.165, 1.54) is 6.42 Å². The molecule has 0 spiro atoms. The second kappa shape index (κ2) is 5.38. The van der Waals surface area contributed by atoms with Gasteiger partial charge in [0.2, 0.25) is 0 Å². The van der Waals surface area contributed by atoms with Crippen molar-refractivity contribution in [2.45, 2.75) is 38.3 Å². The molecule has 1 aliphatic carbocycles. The quantitative estimate of drug-likeness (QED) is 0.889. The molecule has 0 amide bonds. The lowest BCUT2D eigenvalue weighted by molar-refractivity contribution is 0.101. The first-order chi connectivity index (χ1) is 8.81. The molecule has 1 fully saturated rings. The first-order valence-electron chi connectivity index (χ1n) is 6.61. The third kappa shape index (κ3) is 2.74. The number of hydrogen-bond donors (Lipinski definition) is 2. The molecule has 0 saturated heterocycles. The highest BCUT2D eigenvalue weighted by Gasteiger charge is 2.19. The maximum absolute atomic E-state index is 9.62. The Hall–Kier alpha value is -0.910. The molecule has 5 heteroatoms. The van der Waals surface area contributed by atoms with Crippen LogP contribution >= 0.6 is 11.3 Å². The zero-order valence-electron chi connectivity index (χ0n) is 10.4. The Balaban J connectivity index is 1.48. The largest absolute Gasteiger partial charge is 0.393 e. The van der Waals surface area contributed by atoms with Crippen LogP contribution in [0.4, 0.5) is 0 Å². The molecule has 2 aromatic heterocycles. The number of aliphatic hydroxyl groups excluding tert-OH is 1. The second-order valence-electron chi connectivity index (χ2n) is 5.14. The van der Waals surface area contributed by atoms with Gasteiger partial charge in [0, 0.05) is 24.3 Å². The molecule has 4 nitrogen and oxygen atoms in total. The number of fused-ring (bicyclic) bond motifs is 1. The van der Waals surface area contributed by atoms with E-state index < -0.39 is 0 Å². The van der Waals surface area contributed by atoms with Gasteiger partial charge in [-0.05, 0) is 31.7 Å². The predicted molar refractivity (Wildman–Crippen MR) is 72.7 cm³/mol. The maximum Gasteiger partial charge on any atom is 0.193 e. The zero-order valence-corrected chi connectivity index (χ0v) is 11.2. The van der Waals surface area contributed by atoms with Gasteiger partial charge in [-0.15, -0.1) is 11.3 Å². The van der Waals surface area contributed by atoms with Gasteiger partial charge in [-0.25, -0.2) is 4.98 Å². The summed E-state index contributed by atoms with van der Waals surface area (Å²) in [7, 11) is 0. The smallest absolute Gasteiger partial charge is 0.193 e. The third-order valence-electron chi connectivity index (χ3n) is 3.64. The highest BCUT2D eigenvalue weighted by atomic mass is 32.1. The van der Waals surface area contributed by atoms with E-state index in [1.807, 2.05) is 11.6 Å². The van der Waals surface area contributed by atoms with Gasteiger partial charge in [-0.2, -0.15) is 0 Å². The molecule has 0 aromatic carbocycles. The third-order valence-corrected chi connectivity index (χ3v) is 4.41. The van der Waals surface area contributed by atoms with Crippen LogP contribution in [-0.4, -0.2) is 27.1 Å². The monoisotopic (exact) mass is 265 g/mol. The van der Waals surface area contributed by atoms with Crippen LogP contribution in [0.15, 0.2) is 17.8 Å². The van der Waals surface area contributed by atoms with Crippen LogP contribution in [0.2, 0.25) is 0 Å². The minimum Gasteiger partial charge on any atom is -0.393 e. The Morgan fingerprint density at radius 2 is 2.44 bits per heavy atom. The molecule has 2 heterocycles. The number of thiazole rings is 1. The van der Waals surface area contributed by atoms with Gasteiger partial charge in [0.05, 0.1) is 11.8 Å². The van der Waals surface area contributed by atoms with E-state index in [0.29, 0.717) is 5.92 Å². The molecule has 98 valence electrons. The van der Waals surface area contributed by atoms with E-state index in [1.54, 1.807) is 11.3 Å². The van der Waals surface area contributed by atoms with Gasteiger partial charge >= 0.3 is 0 Å². The molecule has 2 aromatic rings. The van der Waals surface area contributed by atoms with E-state index >= 15 is 0 Å². The Labute approximate surface area is 111 Å². The highest BCUT2D eigenvalue weighted by molar-refractivity contribution is 7.15. The van der Waals surface area contributed by atoms with Gasteiger partial charge in [0.15, 0.2) is 4.96 Å². The van der Waals surface area contributed by atoms with Crippen molar-refractivity contribution in [1.82, 2.24) is 14.7 Å². The van der Waals surface area contributed by atoms with Crippen LogP contribution in [0.3, 0.4) is 0 Å². The lowest BCUT2D eigenvalue weighted by Crippen LogP contribution is -2.28. The van der Waals surface area contributed by atoms with Gasteiger partial charge in [-0.1, -0.05) is 6.42 Å². The first kappa shape index (κ1) is 12.1. The molecule has 0 aliphatic heterocycles. The van der Waals surface area contributed by atoms with E-state index in [4.69, 9.17) is 0 Å². The van der Waals surface area contributed by atoms with E-state index in [9.17, 15) is 5.11 Å². The Bertz CT molecular complexity index is 479. The summed E-state index contributed by atoms with van der Waals surface area (Å²) >= 11 is 1.66. The Morgan fingerprint density at radius 3 is 3.28 bits per heavy atom. The molecule has 2 atom stereocenters. The van der Waals surface area contributed by atoms with Crippen LogP contribution in [-0.2, 0) is 6.54 Å². The summed E-state index contributed by atoms with van der Waals surface area (Å²) in [6.45, 7) is 1.81. The van der Waals surface area contributed by atoms with Crippen molar-refractivity contribution in [3.8, 4) is 0 Å². The van der Waals surface area contributed by atoms with Crippen molar-refractivity contribution in [2.75, 3.05) is 6.54 Å². The number of aromatic nitrogens is 2. The lowest BCUT2D eigenvalue weighted by atomic mass is 9.87. The minimum atomic E-state index is -0.0801. The number of aliphatic hydroxyl groups is 1. The van der Waals surface area contributed by atoms with Crippen LogP contribution in [0, 0.1) is 5.92 Å². The number of nitrogens with zero attached hydrogens (tertiary/aromatic N) is 2. The van der Waals surface area contributed by atoms with Crippen LogP contribution in [0.5, 0.6) is 0 Å². The second-order valence-corrected chi connectivity index (χ2v) is 6.02. The molecule has 2 unspecified atom stereocenters. The molecule has 0 bridgehead atoms. The molecule has 1 aliphatic rings. The van der Waals surface area contributed by atoms with Gasteiger partial charge in [0.25, 0.3) is 0 Å². The van der Waals surface area contributed by atoms with Crippen molar-refractivity contribution in [3.05, 3.63) is 23.5 Å². The average Bonchev–Trinajstić information content (AvgIpc) is 2.89. The fraction of sp³-hybridized carbons (Fsp3) is 0.615. The summed E-state index contributed by atoms with van der Waals surface area (Å²) in [5.74, 6) is 0.623. The summed E-state index contributed by atoms with van der Waals surface area (Å²) < 4.78 is 2.06. The zero-order chi connectivity index (χ0) is 12.4. The van der Waals surface area contributed by atoms with Gasteiger partial charge < -0.3 is 10.4 Å². The molecular weight excluding hydrogens is 246 g/mol. The fourth-order valence-corrected chi connectivity index (χ4v) is 3.43. The number of rotatable bonds is 4. The van der Waals surface area contributed by atoms with E-state index in [2.05, 4.69) is 20.9 Å². The van der Waals surface area contributed by atoms with Crippen LogP contribution < -0.4 is 5.32 Å². The molecule has 18 heavy (non-hydrogen) atoms. The highest BCUT2D eigenvalue weighted by Crippen LogP contribution is 2.23. The first-order valence-corrected chi connectivity index (χ1v) is 7.49. The van der Waals surface area contributed by atoms with Crippen LogP contribution in [0.1, 0.15) is 31.4 Å². The van der Waals surface area contributed by atoms with Gasteiger partial charge in [-0.3, -0.25) is 4.40 Å². The number of nitrogens with one attached hydrogen (secondary N) is 1. The summed E-state index contributed by atoms with van der Waals surface area (Å²) in [5.41, 5.74) is 1.10. The summed E-state index contributed by atoms with van der Waals surface area (Å²) in [5, 5.41) is 15.1. The maximum atomic E-state index is 9.62. The lowest BCUT2D eigenvalue weighted by Gasteiger charge is -2.25. The normalized spacial score (nSPS) is 24.7. The Kier molecular flexibility index (Phi) is 3.63. The van der Waals surface area contributed by atoms with Crippen molar-refractivity contribution in [2.24, 2.45) is 5.92 Å². The summed E-state index contributed by atoms with van der Waals surface area (Å²) in [6, 6.07) is 0. The minimum absolute atomic E-state index is 0.0801. The summed E-state index contributed by atoms with van der Waals surface area (Å²) in [4.78, 5) is 5.60. The van der Waals surface area contributed by atoms with Crippen molar-refractivity contribution in [1.29, 1.82) is 0 Å². The molecule has 0 radical (unpaired) electrons. The van der Waals surface area contributed by atoms with Crippen molar-refractivity contribution in [3.63, 3.8) is 0 Å². The van der Waals surface area contributed by atoms with Crippen molar-refractivity contribution >= 4 is 16.3 Å². The summed E-state index contributed by atoms with van der Waals surface area (Å²) in [6.07, 6.45) is 8.36. The van der Waals surface area contributed by atoms with Crippen molar-refractivity contribution < 1.29 is 5.11 Å². The average molecular weight is 265 g/mol. The Morgan fingerprint density at radius 1 is 1.50 bits per heavy atom. The number of hydrogen-bond acceptors (Lipinski definition) is 4. The predicted octanol–water partition coefficient (Wildman–Crippen LogP) is 2.04. The molecule has 1 saturated carbocycles. The van der Waals surface area contributed by atoms with Gasteiger partial charge in [0.1, 0.15) is 0 Å². The molecule has 3 rings (SSSR count). The fourth-order valence-electron chi connectivity index (χ4n) is 2.71. The van der Waals surface area contributed by atoms with E-state index in [-0.39, 0.29) is 6.10 Å². The topological polar surface area (TPSA) is 49.6 Å². The van der Waals surface area contributed by atoms with E-state index in [0.717, 1.165) is 43.0 Å². The molecular formula is C13H19N3OS. The SMILES string of the molecule is OC1CCCC(CNCc2cn3ccsc3n2)C1.